The molecule has 0 saturated carbocycles. The second-order valence-corrected chi connectivity index (χ2v) is 4.13. The normalized spacial score (nSPS) is 31.0. The largest absolute Gasteiger partial charge is 0.378 e. The highest BCUT2D eigenvalue weighted by Gasteiger charge is 2.18. The zero-order valence-electron chi connectivity index (χ0n) is 8.47. The quantitative estimate of drug-likeness (QED) is 0.699. The number of hydrogen-bond acceptors (Lipinski definition) is 2. The molecule has 12 heavy (non-hydrogen) atoms. The zero-order chi connectivity index (χ0) is 8.97. The predicted octanol–water partition coefficient (Wildman–Crippen LogP) is 1.80. The van der Waals surface area contributed by atoms with Gasteiger partial charge in [-0.05, 0) is 32.2 Å². The van der Waals surface area contributed by atoms with Gasteiger partial charge in [-0.2, -0.15) is 0 Å². The monoisotopic (exact) mass is 171 g/mol. The van der Waals surface area contributed by atoms with E-state index in [-0.39, 0.29) is 0 Å². The average molecular weight is 171 g/mol. The summed E-state index contributed by atoms with van der Waals surface area (Å²) in [6.07, 6.45) is 2.92. The summed E-state index contributed by atoms with van der Waals surface area (Å²) in [5, 5.41) is 3.48. The van der Waals surface area contributed by atoms with Gasteiger partial charge < -0.3 is 10.1 Å². The van der Waals surface area contributed by atoms with Crippen LogP contribution in [0.15, 0.2) is 0 Å². The van der Waals surface area contributed by atoms with E-state index < -0.39 is 0 Å². The summed E-state index contributed by atoms with van der Waals surface area (Å²) in [6, 6.07) is 0.614. The van der Waals surface area contributed by atoms with Crippen LogP contribution in [-0.4, -0.2) is 25.3 Å². The van der Waals surface area contributed by atoms with Crippen molar-refractivity contribution in [2.75, 3.05) is 13.2 Å². The van der Waals surface area contributed by atoms with Crippen molar-refractivity contribution in [1.29, 1.82) is 0 Å². The lowest BCUT2D eigenvalue weighted by atomic mass is 9.96. The molecule has 1 aliphatic heterocycles. The third-order valence-corrected chi connectivity index (χ3v) is 2.41. The third kappa shape index (κ3) is 3.55. The Hall–Kier alpha value is -0.0800. The highest BCUT2D eigenvalue weighted by molar-refractivity contribution is 4.71. The van der Waals surface area contributed by atoms with Crippen LogP contribution >= 0.6 is 0 Å². The molecule has 0 amide bonds. The molecule has 0 aromatic heterocycles. The summed E-state index contributed by atoms with van der Waals surface area (Å²) in [4.78, 5) is 0. The summed E-state index contributed by atoms with van der Waals surface area (Å²) in [6.45, 7) is 8.67. The van der Waals surface area contributed by atoms with Crippen molar-refractivity contribution in [3.63, 3.8) is 0 Å². The third-order valence-electron chi connectivity index (χ3n) is 2.41. The summed E-state index contributed by atoms with van der Waals surface area (Å²) >= 11 is 0. The van der Waals surface area contributed by atoms with Crippen LogP contribution in [0.2, 0.25) is 0 Å². The van der Waals surface area contributed by atoms with Crippen LogP contribution < -0.4 is 5.32 Å². The second kappa shape index (κ2) is 4.83. The van der Waals surface area contributed by atoms with E-state index in [0.29, 0.717) is 12.1 Å². The fraction of sp³-hybridized carbons (Fsp3) is 1.00. The Balaban J connectivity index is 2.14. The topological polar surface area (TPSA) is 21.3 Å². The van der Waals surface area contributed by atoms with Crippen LogP contribution in [0.3, 0.4) is 0 Å². The molecule has 1 fully saturated rings. The Bertz CT molecular complexity index is 125. The number of hydrogen-bond donors (Lipinski definition) is 1. The van der Waals surface area contributed by atoms with Crippen LogP contribution in [0.5, 0.6) is 0 Å². The first-order valence-corrected chi connectivity index (χ1v) is 5.03. The molecule has 1 heterocycles. The summed E-state index contributed by atoms with van der Waals surface area (Å²) in [5.41, 5.74) is 0. The Labute approximate surface area is 75.7 Å². The average Bonchev–Trinajstić information content (AvgIpc) is 2.01. The molecule has 0 bridgehead atoms. The van der Waals surface area contributed by atoms with Gasteiger partial charge in [-0.25, -0.2) is 0 Å². The Kier molecular flexibility index (Phi) is 4.02. The highest BCUT2D eigenvalue weighted by atomic mass is 16.5. The second-order valence-electron chi connectivity index (χ2n) is 4.13. The Morgan fingerprint density at radius 3 is 2.83 bits per heavy atom. The fourth-order valence-electron chi connectivity index (χ4n) is 1.68. The van der Waals surface area contributed by atoms with Crippen LogP contribution in [0, 0.1) is 5.92 Å². The Morgan fingerprint density at radius 1 is 1.50 bits per heavy atom. The lowest BCUT2D eigenvalue weighted by Gasteiger charge is -2.28. The van der Waals surface area contributed by atoms with Gasteiger partial charge in [-0.15, -0.1) is 0 Å². The van der Waals surface area contributed by atoms with Crippen LogP contribution in [0.4, 0.5) is 0 Å². The van der Waals surface area contributed by atoms with Crippen molar-refractivity contribution < 1.29 is 4.74 Å². The molecule has 72 valence electrons. The lowest BCUT2D eigenvalue weighted by Crippen LogP contribution is -2.34. The Morgan fingerprint density at radius 2 is 2.25 bits per heavy atom. The summed E-state index contributed by atoms with van der Waals surface area (Å²) in [7, 11) is 0. The minimum absolute atomic E-state index is 0.470. The smallest absolute Gasteiger partial charge is 0.0550 e. The van der Waals surface area contributed by atoms with Crippen molar-refractivity contribution >= 4 is 0 Å². The van der Waals surface area contributed by atoms with Gasteiger partial charge in [0.05, 0.1) is 6.10 Å². The van der Waals surface area contributed by atoms with E-state index >= 15 is 0 Å². The molecule has 0 radical (unpaired) electrons. The molecule has 2 nitrogen and oxygen atoms in total. The molecule has 1 rings (SSSR count). The minimum Gasteiger partial charge on any atom is -0.378 e. The van der Waals surface area contributed by atoms with E-state index in [2.05, 4.69) is 26.1 Å². The molecular formula is C10H21NO. The first-order chi connectivity index (χ1) is 5.68. The summed E-state index contributed by atoms with van der Waals surface area (Å²) in [5.74, 6) is 0.830. The van der Waals surface area contributed by atoms with Crippen molar-refractivity contribution in [3.8, 4) is 0 Å². The molecule has 2 unspecified atom stereocenters. The fourth-order valence-corrected chi connectivity index (χ4v) is 1.68. The molecule has 2 heteroatoms. The van der Waals surface area contributed by atoms with Gasteiger partial charge in [-0.3, -0.25) is 0 Å². The highest BCUT2D eigenvalue weighted by Crippen LogP contribution is 2.18. The van der Waals surface area contributed by atoms with Gasteiger partial charge in [0, 0.05) is 12.6 Å². The van der Waals surface area contributed by atoms with Gasteiger partial charge in [0.25, 0.3) is 0 Å². The van der Waals surface area contributed by atoms with Crippen LogP contribution in [-0.2, 0) is 4.74 Å². The van der Waals surface area contributed by atoms with E-state index in [9.17, 15) is 0 Å². The lowest BCUT2D eigenvalue weighted by molar-refractivity contribution is 0.00260. The zero-order valence-corrected chi connectivity index (χ0v) is 8.47. The maximum atomic E-state index is 5.49. The standard InChI is InChI=1S/C10H21NO/c1-8(2)11-7-10-4-5-12-9(3)6-10/h8-11H,4-7H2,1-3H3. The number of rotatable bonds is 3. The minimum atomic E-state index is 0.470. The molecule has 0 spiro atoms. The first-order valence-electron chi connectivity index (χ1n) is 5.03. The molecule has 0 aromatic carbocycles. The molecule has 0 aromatic rings. The maximum Gasteiger partial charge on any atom is 0.0550 e. The van der Waals surface area contributed by atoms with E-state index in [0.717, 1.165) is 19.1 Å². The maximum absolute atomic E-state index is 5.49. The van der Waals surface area contributed by atoms with Gasteiger partial charge in [0.15, 0.2) is 0 Å². The van der Waals surface area contributed by atoms with Gasteiger partial charge in [-0.1, -0.05) is 13.8 Å². The van der Waals surface area contributed by atoms with Crippen LogP contribution in [0.1, 0.15) is 33.6 Å². The van der Waals surface area contributed by atoms with E-state index in [1.807, 2.05) is 0 Å². The number of nitrogens with one attached hydrogen (secondary N) is 1. The molecule has 1 aliphatic rings. The molecule has 1 N–H and O–H groups in total. The van der Waals surface area contributed by atoms with Crippen molar-refractivity contribution in [2.24, 2.45) is 5.92 Å². The van der Waals surface area contributed by atoms with Crippen molar-refractivity contribution in [3.05, 3.63) is 0 Å². The van der Waals surface area contributed by atoms with Crippen LogP contribution in [0.25, 0.3) is 0 Å². The summed E-state index contributed by atoms with van der Waals surface area (Å²) < 4.78 is 5.49. The molecular weight excluding hydrogens is 150 g/mol. The molecule has 0 aliphatic carbocycles. The molecule has 2 atom stereocenters. The molecule has 1 saturated heterocycles. The van der Waals surface area contributed by atoms with Gasteiger partial charge in [0.1, 0.15) is 0 Å². The predicted molar refractivity (Wildman–Crippen MR) is 51.3 cm³/mol. The van der Waals surface area contributed by atoms with Gasteiger partial charge >= 0.3 is 0 Å². The van der Waals surface area contributed by atoms with Gasteiger partial charge in [0.2, 0.25) is 0 Å². The van der Waals surface area contributed by atoms with E-state index in [1.165, 1.54) is 12.8 Å². The van der Waals surface area contributed by atoms with Crippen molar-refractivity contribution in [2.45, 2.75) is 45.8 Å². The van der Waals surface area contributed by atoms with E-state index in [4.69, 9.17) is 4.74 Å². The van der Waals surface area contributed by atoms with Crippen molar-refractivity contribution in [1.82, 2.24) is 5.32 Å². The van der Waals surface area contributed by atoms with E-state index in [1.54, 1.807) is 0 Å². The SMILES string of the molecule is CC(C)NCC1CCOC(C)C1. The number of ether oxygens (including phenoxy) is 1. The first kappa shape index (κ1) is 10.0.